The van der Waals surface area contributed by atoms with Crippen molar-refractivity contribution in [1.82, 2.24) is 9.97 Å². The van der Waals surface area contributed by atoms with Crippen LogP contribution in [0.3, 0.4) is 0 Å². The minimum Gasteiger partial charge on any atom is -0.393 e. The van der Waals surface area contributed by atoms with Gasteiger partial charge < -0.3 is 10.6 Å². The van der Waals surface area contributed by atoms with E-state index in [0.29, 0.717) is 10.8 Å². The first kappa shape index (κ1) is 12.4. The summed E-state index contributed by atoms with van der Waals surface area (Å²) < 4.78 is 0. The Balaban J connectivity index is 2.03. The summed E-state index contributed by atoms with van der Waals surface area (Å²) in [7, 11) is 2.02. The molecule has 0 saturated heterocycles. The highest BCUT2D eigenvalue weighted by atomic mass is 35.5. The van der Waals surface area contributed by atoms with E-state index in [2.05, 4.69) is 14.9 Å². The molecular formula is C12H19ClN4. The van der Waals surface area contributed by atoms with Crippen molar-refractivity contribution in [3.63, 3.8) is 0 Å². The molecule has 5 heteroatoms. The number of nitrogens with two attached hydrogens (primary N) is 1. The first-order valence-electron chi connectivity index (χ1n) is 6.15. The Kier molecular flexibility index (Phi) is 4.05. The average molecular weight is 255 g/mol. The van der Waals surface area contributed by atoms with Gasteiger partial charge in [-0.25, -0.2) is 9.97 Å². The van der Waals surface area contributed by atoms with Gasteiger partial charge in [0.2, 0.25) is 0 Å². The van der Waals surface area contributed by atoms with Gasteiger partial charge >= 0.3 is 0 Å². The highest BCUT2D eigenvalue weighted by molar-refractivity contribution is 6.32. The molecular weight excluding hydrogens is 236 g/mol. The van der Waals surface area contributed by atoms with Gasteiger partial charge in [0.15, 0.2) is 11.0 Å². The lowest BCUT2D eigenvalue weighted by Gasteiger charge is -2.28. The van der Waals surface area contributed by atoms with Crippen LogP contribution in [0.1, 0.15) is 32.1 Å². The van der Waals surface area contributed by atoms with Crippen LogP contribution in [0, 0.1) is 5.92 Å². The Hall–Kier alpha value is -1.03. The molecule has 4 nitrogen and oxygen atoms in total. The molecule has 1 aromatic rings. The lowest BCUT2D eigenvalue weighted by atomic mass is 9.89. The van der Waals surface area contributed by atoms with Gasteiger partial charge in [-0.2, -0.15) is 0 Å². The Morgan fingerprint density at radius 3 is 2.76 bits per heavy atom. The lowest BCUT2D eigenvalue weighted by Crippen LogP contribution is -2.28. The summed E-state index contributed by atoms with van der Waals surface area (Å²) in [6.07, 6.45) is 8.15. The molecule has 2 N–H and O–H groups in total. The molecule has 1 aliphatic rings. The summed E-state index contributed by atoms with van der Waals surface area (Å²) >= 11 is 5.90. The fourth-order valence-electron chi connectivity index (χ4n) is 2.51. The molecule has 94 valence electrons. The zero-order valence-electron chi connectivity index (χ0n) is 10.2. The number of anilines is 2. The van der Waals surface area contributed by atoms with E-state index in [-0.39, 0.29) is 0 Å². The molecule has 0 aliphatic heterocycles. The molecule has 2 rings (SSSR count). The van der Waals surface area contributed by atoms with E-state index < -0.39 is 0 Å². The minimum absolute atomic E-state index is 0.338. The molecule has 0 spiro atoms. The predicted molar refractivity (Wildman–Crippen MR) is 71.3 cm³/mol. The molecule has 0 aromatic carbocycles. The standard InChI is InChI=1S/C12H19ClN4/c1-17(7-9-5-3-2-4-6-9)12-10(14)11(13)15-8-16-12/h8-9H,2-7,14H2,1H3. The summed E-state index contributed by atoms with van der Waals surface area (Å²) in [6.45, 7) is 0.998. The van der Waals surface area contributed by atoms with E-state index in [0.717, 1.165) is 18.3 Å². The Bertz CT molecular complexity index is 377. The van der Waals surface area contributed by atoms with E-state index in [1.54, 1.807) is 0 Å². The fraction of sp³-hybridized carbons (Fsp3) is 0.667. The van der Waals surface area contributed by atoms with E-state index in [9.17, 15) is 0 Å². The largest absolute Gasteiger partial charge is 0.393 e. The summed E-state index contributed by atoms with van der Waals surface area (Å²) in [6, 6.07) is 0. The minimum atomic E-state index is 0.338. The molecule has 1 fully saturated rings. The second-order valence-corrected chi connectivity index (χ2v) is 5.14. The lowest BCUT2D eigenvalue weighted by molar-refractivity contribution is 0.361. The molecule has 0 atom stereocenters. The van der Waals surface area contributed by atoms with Gasteiger partial charge in [0.05, 0.1) is 0 Å². The quantitative estimate of drug-likeness (QED) is 0.843. The molecule has 1 aliphatic carbocycles. The molecule has 1 heterocycles. The van der Waals surface area contributed by atoms with Gasteiger partial charge in [-0.15, -0.1) is 0 Å². The molecule has 0 bridgehead atoms. The highest BCUT2D eigenvalue weighted by Crippen LogP contribution is 2.28. The van der Waals surface area contributed by atoms with Crippen LogP contribution in [0.15, 0.2) is 6.33 Å². The van der Waals surface area contributed by atoms with Gasteiger partial charge in [0.25, 0.3) is 0 Å². The smallest absolute Gasteiger partial charge is 0.157 e. The van der Waals surface area contributed by atoms with Crippen LogP contribution in [0.2, 0.25) is 5.15 Å². The van der Waals surface area contributed by atoms with Crippen LogP contribution in [0.4, 0.5) is 11.5 Å². The van der Waals surface area contributed by atoms with E-state index in [1.165, 1.54) is 38.4 Å². The van der Waals surface area contributed by atoms with Crippen molar-refractivity contribution in [3.05, 3.63) is 11.5 Å². The first-order valence-corrected chi connectivity index (χ1v) is 6.53. The molecule has 1 saturated carbocycles. The summed E-state index contributed by atoms with van der Waals surface area (Å²) in [4.78, 5) is 10.2. The van der Waals surface area contributed by atoms with Gasteiger partial charge in [-0.1, -0.05) is 30.9 Å². The molecule has 0 radical (unpaired) electrons. The number of hydrogen-bond acceptors (Lipinski definition) is 4. The monoisotopic (exact) mass is 254 g/mol. The highest BCUT2D eigenvalue weighted by Gasteiger charge is 2.18. The van der Waals surface area contributed by atoms with Crippen LogP contribution in [-0.4, -0.2) is 23.6 Å². The number of nitrogens with zero attached hydrogens (tertiary/aromatic N) is 3. The normalized spacial score (nSPS) is 17.1. The van der Waals surface area contributed by atoms with Crippen LogP contribution >= 0.6 is 11.6 Å². The SMILES string of the molecule is CN(CC1CCCCC1)c1ncnc(Cl)c1N. The van der Waals surface area contributed by atoms with Crippen molar-refractivity contribution in [1.29, 1.82) is 0 Å². The van der Waals surface area contributed by atoms with Crippen LogP contribution in [-0.2, 0) is 0 Å². The molecule has 0 unspecified atom stereocenters. The Morgan fingerprint density at radius 1 is 1.35 bits per heavy atom. The van der Waals surface area contributed by atoms with Gasteiger partial charge in [0.1, 0.15) is 12.0 Å². The molecule has 0 amide bonds. The van der Waals surface area contributed by atoms with Crippen molar-refractivity contribution in [2.75, 3.05) is 24.2 Å². The van der Waals surface area contributed by atoms with Crippen LogP contribution in [0.5, 0.6) is 0 Å². The first-order chi connectivity index (χ1) is 8.18. The van der Waals surface area contributed by atoms with Gasteiger partial charge in [0, 0.05) is 13.6 Å². The summed E-state index contributed by atoms with van der Waals surface area (Å²) in [5.41, 5.74) is 6.37. The number of nitrogen functional groups attached to an aromatic ring is 1. The van der Waals surface area contributed by atoms with Crippen molar-refractivity contribution < 1.29 is 0 Å². The van der Waals surface area contributed by atoms with Crippen molar-refractivity contribution >= 4 is 23.1 Å². The van der Waals surface area contributed by atoms with Gasteiger partial charge in [-0.3, -0.25) is 0 Å². The molecule has 1 aromatic heterocycles. The van der Waals surface area contributed by atoms with Crippen molar-refractivity contribution in [2.45, 2.75) is 32.1 Å². The third kappa shape index (κ3) is 3.00. The summed E-state index contributed by atoms with van der Waals surface area (Å²) in [5.74, 6) is 1.50. The number of rotatable bonds is 3. The molecule has 17 heavy (non-hydrogen) atoms. The second kappa shape index (κ2) is 5.54. The average Bonchev–Trinajstić information content (AvgIpc) is 2.34. The maximum Gasteiger partial charge on any atom is 0.157 e. The number of aromatic nitrogens is 2. The maximum atomic E-state index is 5.90. The van der Waals surface area contributed by atoms with E-state index in [4.69, 9.17) is 17.3 Å². The Labute approximate surface area is 107 Å². The third-order valence-electron chi connectivity index (χ3n) is 3.43. The van der Waals surface area contributed by atoms with Crippen LogP contribution in [0.25, 0.3) is 0 Å². The number of hydrogen-bond donors (Lipinski definition) is 1. The van der Waals surface area contributed by atoms with Crippen LogP contribution < -0.4 is 10.6 Å². The fourth-order valence-corrected chi connectivity index (χ4v) is 2.64. The maximum absolute atomic E-state index is 5.90. The van der Waals surface area contributed by atoms with E-state index in [1.807, 2.05) is 7.05 Å². The van der Waals surface area contributed by atoms with Crippen molar-refractivity contribution in [2.24, 2.45) is 5.92 Å². The topological polar surface area (TPSA) is 55.0 Å². The van der Waals surface area contributed by atoms with E-state index >= 15 is 0 Å². The second-order valence-electron chi connectivity index (χ2n) is 4.79. The Morgan fingerprint density at radius 2 is 2.06 bits per heavy atom. The van der Waals surface area contributed by atoms with Crippen molar-refractivity contribution in [3.8, 4) is 0 Å². The zero-order chi connectivity index (χ0) is 12.3. The third-order valence-corrected chi connectivity index (χ3v) is 3.73. The zero-order valence-corrected chi connectivity index (χ0v) is 11.0. The summed E-state index contributed by atoms with van der Waals surface area (Å²) in [5, 5.41) is 0.338. The number of halogens is 1. The predicted octanol–water partition coefficient (Wildman–Crippen LogP) is 2.73. The van der Waals surface area contributed by atoms with Gasteiger partial charge in [-0.05, 0) is 18.8 Å².